The van der Waals surface area contributed by atoms with E-state index in [1.54, 1.807) is 11.3 Å². The average Bonchev–Trinajstić information content (AvgIpc) is 2.94. The first-order chi connectivity index (χ1) is 10.9. The van der Waals surface area contributed by atoms with Crippen LogP contribution in [-0.2, 0) is 11.2 Å². The van der Waals surface area contributed by atoms with Crippen molar-refractivity contribution in [2.75, 3.05) is 19.6 Å². The van der Waals surface area contributed by atoms with E-state index in [2.05, 4.69) is 27.1 Å². The number of unbranched alkanes of at least 4 members (excludes halogenated alkanes) is 1. The summed E-state index contributed by atoms with van der Waals surface area (Å²) in [7, 11) is 0. The highest BCUT2D eigenvalue weighted by molar-refractivity contribution is 7.09. The molecule has 0 spiro atoms. The summed E-state index contributed by atoms with van der Waals surface area (Å²) in [6, 6.07) is 4.15. The summed E-state index contributed by atoms with van der Waals surface area (Å²) in [6.07, 6.45) is 2.28. The van der Waals surface area contributed by atoms with Gasteiger partial charge in [-0.2, -0.15) is 0 Å². The molecule has 0 radical (unpaired) electrons. The zero-order chi connectivity index (χ0) is 17.1. The van der Waals surface area contributed by atoms with Gasteiger partial charge in [0.05, 0.1) is 0 Å². The Hall–Kier alpha value is -1.76. The molecule has 1 rings (SSSR count). The molecular formula is C16H28N4O2S. The molecule has 4 N–H and O–H groups in total. The lowest BCUT2D eigenvalue weighted by Gasteiger charge is -2.19. The van der Waals surface area contributed by atoms with Crippen LogP contribution in [0.4, 0.5) is 4.79 Å². The number of hydrogen-bond donors (Lipinski definition) is 3. The Balaban J connectivity index is 2.01. The number of nitrogens with zero attached hydrogens (tertiary/aromatic N) is 1. The molecule has 130 valence electrons. The lowest BCUT2D eigenvalue weighted by molar-refractivity contribution is 0.0527. The molecule has 0 aliphatic carbocycles. The minimum Gasteiger partial charge on any atom is -0.444 e. The smallest absolute Gasteiger partial charge is 0.407 e. The second-order valence-electron chi connectivity index (χ2n) is 6.16. The first-order valence-electron chi connectivity index (χ1n) is 7.90. The number of guanidine groups is 1. The third-order valence-corrected chi connectivity index (χ3v) is 3.73. The molecule has 0 fully saturated rings. The highest BCUT2D eigenvalue weighted by Crippen LogP contribution is 2.08. The van der Waals surface area contributed by atoms with Gasteiger partial charge in [0.25, 0.3) is 0 Å². The molecule has 0 bridgehead atoms. The summed E-state index contributed by atoms with van der Waals surface area (Å²) >= 11 is 1.74. The Kier molecular flexibility index (Phi) is 8.47. The lowest BCUT2D eigenvalue weighted by Crippen LogP contribution is -2.33. The largest absolute Gasteiger partial charge is 0.444 e. The average molecular weight is 340 g/mol. The van der Waals surface area contributed by atoms with Gasteiger partial charge in [0.15, 0.2) is 5.96 Å². The number of ether oxygens (including phenoxy) is 1. The quantitative estimate of drug-likeness (QED) is 0.385. The number of amides is 1. The summed E-state index contributed by atoms with van der Waals surface area (Å²) in [5.74, 6) is 0.474. The number of thiophene rings is 1. The van der Waals surface area contributed by atoms with Gasteiger partial charge in [-0.15, -0.1) is 11.3 Å². The van der Waals surface area contributed by atoms with Crippen LogP contribution in [0.3, 0.4) is 0 Å². The third kappa shape index (κ3) is 10.6. The normalized spacial score (nSPS) is 12.0. The fourth-order valence-corrected chi connectivity index (χ4v) is 2.47. The molecule has 1 aromatic rings. The first kappa shape index (κ1) is 19.3. The van der Waals surface area contributed by atoms with E-state index in [0.717, 1.165) is 25.8 Å². The van der Waals surface area contributed by atoms with E-state index >= 15 is 0 Å². The van der Waals surface area contributed by atoms with E-state index in [4.69, 9.17) is 10.5 Å². The first-order valence-corrected chi connectivity index (χ1v) is 8.78. The molecular weight excluding hydrogens is 312 g/mol. The fourth-order valence-electron chi connectivity index (χ4n) is 1.77. The van der Waals surface area contributed by atoms with Gasteiger partial charge in [-0.3, -0.25) is 4.99 Å². The van der Waals surface area contributed by atoms with Crippen molar-refractivity contribution in [3.05, 3.63) is 22.4 Å². The van der Waals surface area contributed by atoms with Gasteiger partial charge in [0, 0.05) is 24.5 Å². The Morgan fingerprint density at radius 3 is 2.74 bits per heavy atom. The topological polar surface area (TPSA) is 88.7 Å². The standard InChI is InChI=1S/C16H28N4O2S/c1-16(2,3)22-15(21)20-10-5-4-9-18-14(17)19-11-8-13-7-6-12-23-13/h6-7,12H,4-5,8-11H2,1-3H3,(H,20,21)(H3,17,18,19). The van der Waals surface area contributed by atoms with Gasteiger partial charge in [0.2, 0.25) is 0 Å². The number of alkyl carbamates (subject to hydrolysis) is 1. The van der Waals surface area contributed by atoms with E-state index in [1.165, 1.54) is 4.88 Å². The van der Waals surface area contributed by atoms with Crippen LogP contribution in [0.1, 0.15) is 38.5 Å². The third-order valence-electron chi connectivity index (χ3n) is 2.79. The van der Waals surface area contributed by atoms with Crippen molar-refractivity contribution in [2.45, 2.75) is 45.6 Å². The SMILES string of the molecule is CC(C)(C)OC(=O)NCCCCN=C(N)NCCc1cccs1. The molecule has 6 nitrogen and oxygen atoms in total. The molecule has 1 heterocycles. The Morgan fingerprint density at radius 1 is 1.30 bits per heavy atom. The molecule has 0 aliphatic heterocycles. The molecule has 0 saturated carbocycles. The number of carbonyl (C=O) groups excluding carboxylic acids is 1. The predicted molar refractivity (Wildman–Crippen MR) is 96.0 cm³/mol. The van der Waals surface area contributed by atoms with Crippen LogP contribution in [0.2, 0.25) is 0 Å². The van der Waals surface area contributed by atoms with Crippen LogP contribution in [0, 0.1) is 0 Å². The van der Waals surface area contributed by atoms with Crippen molar-refractivity contribution < 1.29 is 9.53 Å². The van der Waals surface area contributed by atoms with Crippen molar-refractivity contribution in [1.29, 1.82) is 0 Å². The van der Waals surface area contributed by atoms with Crippen molar-refractivity contribution in [3.8, 4) is 0 Å². The summed E-state index contributed by atoms with van der Waals surface area (Å²) < 4.78 is 5.15. The Bertz CT molecular complexity index is 481. The summed E-state index contributed by atoms with van der Waals surface area (Å²) in [5.41, 5.74) is 5.34. The second-order valence-corrected chi connectivity index (χ2v) is 7.19. The number of rotatable bonds is 8. The maximum atomic E-state index is 11.4. The van der Waals surface area contributed by atoms with E-state index < -0.39 is 5.60 Å². The Labute approximate surface area is 142 Å². The van der Waals surface area contributed by atoms with Crippen LogP contribution in [-0.4, -0.2) is 37.3 Å². The van der Waals surface area contributed by atoms with Gasteiger partial charge in [0.1, 0.15) is 5.60 Å². The van der Waals surface area contributed by atoms with Crippen LogP contribution in [0.25, 0.3) is 0 Å². The van der Waals surface area contributed by atoms with Gasteiger partial charge in [-0.1, -0.05) is 6.07 Å². The molecule has 0 unspecified atom stereocenters. The summed E-state index contributed by atoms with van der Waals surface area (Å²) in [6.45, 7) is 7.54. The van der Waals surface area contributed by atoms with E-state index in [-0.39, 0.29) is 6.09 Å². The molecule has 7 heteroatoms. The minimum absolute atomic E-state index is 0.379. The molecule has 23 heavy (non-hydrogen) atoms. The van der Waals surface area contributed by atoms with Crippen LogP contribution in [0.15, 0.2) is 22.5 Å². The van der Waals surface area contributed by atoms with Crippen molar-refractivity contribution in [1.82, 2.24) is 10.6 Å². The van der Waals surface area contributed by atoms with Gasteiger partial charge < -0.3 is 21.1 Å². The number of aliphatic imine (C=N–C) groups is 1. The van der Waals surface area contributed by atoms with Crippen molar-refractivity contribution in [2.24, 2.45) is 10.7 Å². The van der Waals surface area contributed by atoms with Gasteiger partial charge in [-0.25, -0.2) is 4.79 Å². The van der Waals surface area contributed by atoms with Crippen LogP contribution in [0.5, 0.6) is 0 Å². The van der Waals surface area contributed by atoms with Crippen molar-refractivity contribution in [3.63, 3.8) is 0 Å². The van der Waals surface area contributed by atoms with Gasteiger partial charge in [-0.05, 0) is 51.5 Å². The summed E-state index contributed by atoms with van der Waals surface area (Å²) in [4.78, 5) is 17.0. The van der Waals surface area contributed by atoms with Gasteiger partial charge >= 0.3 is 6.09 Å². The second kappa shape index (κ2) is 10.1. The molecule has 1 amide bonds. The maximum Gasteiger partial charge on any atom is 0.407 e. The summed E-state index contributed by atoms with van der Waals surface area (Å²) in [5, 5.41) is 7.89. The molecule has 0 aliphatic rings. The van der Waals surface area contributed by atoms with Crippen molar-refractivity contribution >= 4 is 23.4 Å². The Morgan fingerprint density at radius 2 is 2.09 bits per heavy atom. The maximum absolute atomic E-state index is 11.4. The zero-order valence-electron chi connectivity index (χ0n) is 14.2. The van der Waals surface area contributed by atoms with E-state index in [0.29, 0.717) is 19.0 Å². The fraction of sp³-hybridized carbons (Fsp3) is 0.625. The van der Waals surface area contributed by atoms with E-state index in [1.807, 2.05) is 26.8 Å². The minimum atomic E-state index is -0.461. The molecule has 0 aromatic carbocycles. The number of carbonyl (C=O) groups is 1. The monoisotopic (exact) mass is 340 g/mol. The van der Waals surface area contributed by atoms with Crippen LogP contribution >= 0.6 is 11.3 Å². The number of nitrogens with two attached hydrogens (primary N) is 1. The van der Waals surface area contributed by atoms with E-state index in [9.17, 15) is 4.79 Å². The van der Waals surface area contributed by atoms with Crippen LogP contribution < -0.4 is 16.4 Å². The number of nitrogens with one attached hydrogen (secondary N) is 2. The molecule has 1 aromatic heterocycles. The lowest BCUT2D eigenvalue weighted by atomic mass is 10.2. The highest BCUT2D eigenvalue weighted by atomic mass is 32.1. The number of hydrogen-bond acceptors (Lipinski definition) is 4. The highest BCUT2D eigenvalue weighted by Gasteiger charge is 2.15. The molecule has 0 atom stereocenters. The molecule has 0 saturated heterocycles. The zero-order valence-corrected chi connectivity index (χ0v) is 15.0. The predicted octanol–water partition coefficient (Wildman–Crippen LogP) is 2.50.